The smallest absolute Gasteiger partial charge is 0.298 e. The van der Waals surface area contributed by atoms with E-state index in [2.05, 4.69) is 16.7 Å². The maximum absolute atomic E-state index is 12.0. The Morgan fingerprint density at radius 1 is 1.13 bits per heavy atom. The molecule has 2 N–H and O–H groups in total. The van der Waals surface area contributed by atoms with Crippen LogP contribution in [0.15, 0.2) is 30.3 Å². The third-order valence-corrected chi connectivity index (χ3v) is 4.98. The first-order chi connectivity index (χ1) is 11.2. The van der Waals surface area contributed by atoms with Gasteiger partial charge in [-0.1, -0.05) is 18.2 Å². The van der Waals surface area contributed by atoms with E-state index in [1.165, 1.54) is 11.3 Å². The maximum Gasteiger partial charge on any atom is 0.326 e. The number of nitrogens with one attached hydrogen (secondary N) is 2. The number of urea groups is 1. The van der Waals surface area contributed by atoms with Gasteiger partial charge < -0.3 is 0 Å². The first kappa shape index (κ1) is 15.3. The number of amides is 3. The largest absolute Gasteiger partial charge is 0.326 e. The van der Waals surface area contributed by atoms with E-state index in [1.54, 1.807) is 30.3 Å². The standard InChI is InChI=1S/C17H15N3O2S/c18-10-13-12-8-4-5-9-14(12)23-16(13)20-17(22)19-15(21)11-6-2-1-3-7-11/h1-3,6-7H,4-5,8-9H2,(H2,19,20,21,22). The lowest BCUT2D eigenvalue weighted by Gasteiger charge is -2.09. The third-order valence-electron chi connectivity index (χ3n) is 3.77. The quantitative estimate of drug-likeness (QED) is 0.887. The molecule has 6 heteroatoms. The van der Waals surface area contributed by atoms with E-state index in [9.17, 15) is 14.9 Å². The number of anilines is 1. The number of fused-ring (bicyclic) bond motifs is 1. The minimum Gasteiger partial charge on any atom is -0.298 e. The Morgan fingerprint density at radius 2 is 1.87 bits per heavy atom. The predicted molar refractivity (Wildman–Crippen MR) is 88.6 cm³/mol. The molecule has 1 aliphatic carbocycles. The zero-order valence-electron chi connectivity index (χ0n) is 12.4. The molecule has 0 bridgehead atoms. The molecule has 0 spiro atoms. The zero-order chi connectivity index (χ0) is 16.2. The lowest BCUT2D eigenvalue weighted by atomic mass is 9.96. The highest BCUT2D eigenvalue weighted by Gasteiger charge is 2.22. The van der Waals surface area contributed by atoms with Gasteiger partial charge in [-0.05, 0) is 43.4 Å². The van der Waals surface area contributed by atoms with Crippen molar-refractivity contribution >= 4 is 28.3 Å². The molecular formula is C17H15N3O2S. The lowest BCUT2D eigenvalue weighted by Crippen LogP contribution is -2.34. The molecule has 1 aliphatic rings. The van der Waals surface area contributed by atoms with E-state index in [0.717, 1.165) is 36.1 Å². The van der Waals surface area contributed by atoms with Crippen LogP contribution >= 0.6 is 11.3 Å². The van der Waals surface area contributed by atoms with Gasteiger partial charge in [-0.3, -0.25) is 15.4 Å². The van der Waals surface area contributed by atoms with E-state index >= 15 is 0 Å². The minimum absolute atomic E-state index is 0.411. The van der Waals surface area contributed by atoms with Crippen molar-refractivity contribution in [3.05, 3.63) is 51.9 Å². The van der Waals surface area contributed by atoms with Crippen molar-refractivity contribution in [2.45, 2.75) is 25.7 Å². The fourth-order valence-electron chi connectivity index (χ4n) is 2.67. The molecule has 0 radical (unpaired) electrons. The summed E-state index contributed by atoms with van der Waals surface area (Å²) in [6, 6.07) is 10.1. The molecule has 0 saturated heterocycles. The lowest BCUT2D eigenvalue weighted by molar-refractivity contribution is 0.0967. The Hall–Kier alpha value is -2.65. The molecule has 0 aliphatic heterocycles. The Labute approximate surface area is 137 Å². The van der Waals surface area contributed by atoms with Crippen molar-refractivity contribution in [1.82, 2.24) is 5.32 Å². The maximum atomic E-state index is 12.0. The van der Waals surface area contributed by atoms with E-state index in [-0.39, 0.29) is 0 Å². The monoisotopic (exact) mass is 325 g/mol. The van der Waals surface area contributed by atoms with Crippen LogP contribution in [0.4, 0.5) is 9.80 Å². The second-order valence-electron chi connectivity index (χ2n) is 5.30. The summed E-state index contributed by atoms with van der Waals surface area (Å²) < 4.78 is 0. The number of hydrogen-bond donors (Lipinski definition) is 2. The summed E-state index contributed by atoms with van der Waals surface area (Å²) in [5, 5.41) is 14.8. The number of thiophene rings is 1. The fourth-order valence-corrected chi connectivity index (χ4v) is 3.91. The number of benzene rings is 1. The molecule has 1 aromatic heterocycles. The van der Waals surface area contributed by atoms with Gasteiger partial charge in [-0.25, -0.2) is 4.79 Å². The Balaban J connectivity index is 1.72. The van der Waals surface area contributed by atoms with Crippen molar-refractivity contribution < 1.29 is 9.59 Å². The molecule has 3 rings (SSSR count). The van der Waals surface area contributed by atoms with Gasteiger partial charge in [0.05, 0.1) is 5.56 Å². The Bertz CT molecular complexity index is 790. The van der Waals surface area contributed by atoms with E-state index in [0.29, 0.717) is 16.1 Å². The van der Waals surface area contributed by atoms with E-state index < -0.39 is 11.9 Å². The van der Waals surface area contributed by atoms with Gasteiger partial charge in [0.2, 0.25) is 0 Å². The molecule has 1 heterocycles. The minimum atomic E-state index is -0.617. The van der Waals surface area contributed by atoms with Gasteiger partial charge in [0.15, 0.2) is 0 Å². The summed E-state index contributed by atoms with van der Waals surface area (Å²) in [7, 11) is 0. The van der Waals surface area contributed by atoms with Crippen LogP contribution in [0.25, 0.3) is 0 Å². The molecule has 0 saturated carbocycles. The van der Waals surface area contributed by atoms with Gasteiger partial charge >= 0.3 is 6.03 Å². The van der Waals surface area contributed by atoms with Crippen molar-refractivity contribution in [2.24, 2.45) is 0 Å². The van der Waals surface area contributed by atoms with Gasteiger partial charge in [0.25, 0.3) is 5.91 Å². The molecule has 1 aromatic carbocycles. The van der Waals surface area contributed by atoms with E-state index in [1.807, 2.05) is 0 Å². The van der Waals surface area contributed by atoms with Gasteiger partial charge in [-0.15, -0.1) is 11.3 Å². The van der Waals surface area contributed by atoms with Gasteiger partial charge in [0.1, 0.15) is 11.1 Å². The average molecular weight is 325 g/mol. The molecule has 116 valence electrons. The highest BCUT2D eigenvalue weighted by Crippen LogP contribution is 2.37. The number of carbonyl (C=O) groups is 2. The molecule has 3 amide bonds. The van der Waals surface area contributed by atoms with Crippen molar-refractivity contribution in [2.75, 3.05) is 5.32 Å². The summed E-state index contributed by atoms with van der Waals surface area (Å²) in [4.78, 5) is 25.2. The second kappa shape index (κ2) is 6.63. The molecule has 23 heavy (non-hydrogen) atoms. The number of aryl methyl sites for hydroxylation is 1. The highest BCUT2D eigenvalue weighted by atomic mass is 32.1. The first-order valence-electron chi connectivity index (χ1n) is 7.41. The second-order valence-corrected chi connectivity index (χ2v) is 6.41. The number of rotatable bonds is 2. The normalized spacial score (nSPS) is 12.8. The van der Waals surface area contributed by atoms with Crippen molar-refractivity contribution in [3.8, 4) is 6.07 Å². The number of hydrogen-bond acceptors (Lipinski definition) is 4. The number of nitriles is 1. The summed E-state index contributed by atoms with van der Waals surface area (Å²) in [5.74, 6) is -0.470. The van der Waals surface area contributed by atoms with Crippen LogP contribution in [0.2, 0.25) is 0 Å². The molecule has 2 aromatic rings. The van der Waals surface area contributed by atoms with Gasteiger partial charge in [0, 0.05) is 10.4 Å². The molecular weight excluding hydrogens is 310 g/mol. The molecule has 0 fully saturated rings. The van der Waals surface area contributed by atoms with E-state index in [4.69, 9.17) is 0 Å². The van der Waals surface area contributed by atoms with Crippen LogP contribution in [0.5, 0.6) is 0 Å². The van der Waals surface area contributed by atoms with Crippen LogP contribution in [-0.4, -0.2) is 11.9 Å². The molecule has 0 atom stereocenters. The van der Waals surface area contributed by atoms with Crippen LogP contribution in [0.3, 0.4) is 0 Å². The van der Waals surface area contributed by atoms with Crippen LogP contribution in [0.1, 0.15) is 39.2 Å². The zero-order valence-corrected chi connectivity index (χ0v) is 13.2. The Kier molecular flexibility index (Phi) is 4.40. The molecule has 5 nitrogen and oxygen atoms in total. The summed E-state index contributed by atoms with van der Waals surface area (Å²) in [6.45, 7) is 0. The topological polar surface area (TPSA) is 82.0 Å². The molecule has 0 unspecified atom stereocenters. The summed E-state index contributed by atoms with van der Waals surface area (Å²) in [5.41, 5.74) is 1.99. The number of nitrogens with zero attached hydrogens (tertiary/aromatic N) is 1. The Morgan fingerprint density at radius 3 is 2.61 bits per heavy atom. The summed E-state index contributed by atoms with van der Waals surface area (Å²) in [6.07, 6.45) is 3.99. The van der Waals surface area contributed by atoms with Crippen LogP contribution in [0, 0.1) is 11.3 Å². The third kappa shape index (κ3) is 3.25. The van der Waals surface area contributed by atoms with Crippen molar-refractivity contribution in [1.29, 1.82) is 5.26 Å². The summed E-state index contributed by atoms with van der Waals surface area (Å²) >= 11 is 1.43. The SMILES string of the molecule is N#Cc1c(NC(=O)NC(=O)c2ccccc2)sc2c1CCCC2. The van der Waals surface area contributed by atoms with Crippen LogP contribution < -0.4 is 10.6 Å². The number of carbonyl (C=O) groups excluding carboxylic acids is 2. The number of imide groups is 1. The van der Waals surface area contributed by atoms with Crippen molar-refractivity contribution in [3.63, 3.8) is 0 Å². The average Bonchev–Trinajstić information content (AvgIpc) is 2.92. The van der Waals surface area contributed by atoms with Gasteiger partial charge in [-0.2, -0.15) is 5.26 Å². The fraction of sp³-hybridized carbons (Fsp3) is 0.235. The first-order valence-corrected chi connectivity index (χ1v) is 8.22. The predicted octanol–water partition coefficient (Wildman–Crippen LogP) is 3.46. The highest BCUT2D eigenvalue weighted by molar-refractivity contribution is 7.16. The van der Waals surface area contributed by atoms with Crippen LogP contribution in [-0.2, 0) is 12.8 Å².